The van der Waals surface area contributed by atoms with E-state index in [2.05, 4.69) is 115 Å². The summed E-state index contributed by atoms with van der Waals surface area (Å²) in [5.74, 6) is 1.99. The Bertz CT molecular complexity index is 2480. The molecule has 2 aromatic heterocycles. The molecule has 0 aliphatic rings. The van der Waals surface area contributed by atoms with E-state index in [1.54, 1.807) is 0 Å². The zero-order valence-corrected chi connectivity index (χ0v) is 25.9. The zero-order chi connectivity index (χ0) is 29.7. The number of benzene rings is 7. The molecule has 0 N–H and O–H groups in total. The average molecular weight is 639 g/mol. The third-order valence-corrected chi connectivity index (χ3v) is 11.0. The molecule has 210 valence electrons. The minimum Gasteiger partial charge on any atom is -0.0615 e. The Hall–Kier alpha value is -5.41. The van der Waals surface area contributed by atoms with Gasteiger partial charge in [-0.2, -0.15) is 0 Å². The first-order chi connectivity index (χ1) is 22.3. The van der Waals surface area contributed by atoms with Gasteiger partial charge in [0, 0.05) is 0 Å². The normalized spacial score (nSPS) is 11.6. The Morgan fingerprint density at radius 1 is 0.378 bits per heavy atom. The molecule has 0 saturated carbocycles. The second kappa shape index (κ2) is 10.6. The molecule has 0 fully saturated rings. The molecule has 0 aliphatic heterocycles. The van der Waals surface area contributed by atoms with Crippen molar-refractivity contribution in [2.45, 2.75) is 0 Å². The number of fused-ring (bicyclic) bond motifs is 7. The van der Waals surface area contributed by atoms with Gasteiger partial charge in [-0.15, -0.1) is 0 Å². The van der Waals surface area contributed by atoms with Gasteiger partial charge < -0.3 is 0 Å². The SMILES string of the molecule is c1ccc(-c2nc(-c3ccccc3)nc(-c3ccccc3-c3cc4ccc5c6ccccc6[se]c5c4c4ccccc34)n2)cc1. The quantitative estimate of drug-likeness (QED) is 0.142. The van der Waals surface area contributed by atoms with Gasteiger partial charge in [0.05, 0.1) is 0 Å². The topological polar surface area (TPSA) is 38.7 Å². The number of aromatic nitrogens is 3. The van der Waals surface area contributed by atoms with Crippen LogP contribution in [0.5, 0.6) is 0 Å². The van der Waals surface area contributed by atoms with Crippen LogP contribution in [0.15, 0.2) is 152 Å². The molecule has 2 heterocycles. The molecule has 0 unspecified atom stereocenters. The minimum absolute atomic E-state index is 0.264. The van der Waals surface area contributed by atoms with E-state index in [0.29, 0.717) is 17.5 Å². The Kier molecular flexibility index (Phi) is 6.15. The molecule has 7 aromatic carbocycles. The van der Waals surface area contributed by atoms with Crippen molar-refractivity contribution in [3.63, 3.8) is 0 Å². The predicted molar refractivity (Wildman–Crippen MR) is 189 cm³/mol. The van der Waals surface area contributed by atoms with E-state index in [1.165, 1.54) is 46.4 Å². The molecule has 0 bridgehead atoms. The molecule has 4 heteroatoms. The van der Waals surface area contributed by atoms with Crippen LogP contribution < -0.4 is 0 Å². The summed E-state index contributed by atoms with van der Waals surface area (Å²) in [6.07, 6.45) is 0. The van der Waals surface area contributed by atoms with Crippen molar-refractivity contribution in [3.8, 4) is 45.3 Å². The maximum absolute atomic E-state index is 5.08. The first-order valence-corrected chi connectivity index (χ1v) is 16.8. The summed E-state index contributed by atoms with van der Waals surface area (Å²) in [6, 6.07) is 53.5. The van der Waals surface area contributed by atoms with Gasteiger partial charge in [-0.25, -0.2) is 0 Å². The van der Waals surface area contributed by atoms with Gasteiger partial charge in [0.1, 0.15) is 0 Å². The molecule has 0 amide bonds. The zero-order valence-electron chi connectivity index (χ0n) is 24.2. The molecular formula is C41H25N3Se. The number of rotatable bonds is 4. The van der Waals surface area contributed by atoms with Gasteiger partial charge in [-0.3, -0.25) is 0 Å². The molecule has 0 radical (unpaired) electrons. The summed E-state index contributed by atoms with van der Waals surface area (Å²) >= 11 is 0.264. The molecule has 3 nitrogen and oxygen atoms in total. The van der Waals surface area contributed by atoms with Crippen molar-refractivity contribution in [2.75, 3.05) is 0 Å². The Balaban J connectivity index is 1.31. The van der Waals surface area contributed by atoms with E-state index >= 15 is 0 Å². The van der Waals surface area contributed by atoms with Crippen molar-refractivity contribution in [1.29, 1.82) is 0 Å². The maximum atomic E-state index is 5.08. The first-order valence-electron chi connectivity index (χ1n) is 15.0. The summed E-state index contributed by atoms with van der Waals surface area (Å²) < 4.78 is 2.94. The van der Waals surface area contributed by atoms with E-state index in [-0.39, 0.29) is 14.5 Å². The molecule has 0 spiro atoms. The second-order valence-corrected chi connectivity index (χ2v) is 13.4. The monoisotopic (exact) mass is 639 g/mol. The molecular weight excluding hydrogens is 613 g/mol. The van der Waals surface area contributed by atoms with Crippen molar-refractivity contribution in [3.05, 3.63) is 152 Å². The standard InChI is InChI=1S/C41H25N3Se/c1-3-13-26(14-4-1)39-42-40(27-15-5-2-6-16-27)44-41(43-39)34-21-10-8-18-30(34)35-25-28-23-24-33-31-19-11-12-22-36(31)45-38(33)37(28)32-20-9-7-17-29(32)35/h1-25H. The fraction of sp³-hybridized carbons (Fsp3) is 0. The second-order valence-electron chi connectivity index (χ2n) is 11.2. The molecule has 0 aliphatic carbocycles. The molecule has 45 heavy (non-hydrogen) atoms. The van der Waals surface area contributed by atoms with Crippen molar-refractivity contribution in [1.82, 2.24) is 15.0 Å². The van der Waals surface area contributed by atoms with Gasteiger partial charge in [0.25, 0.3) is 0 Å². The number of nitrogens with zero attached hydrogens (tertiary/aromatic N) is 3. The third-order valence-electron chi connectivity index (χ3n) is 8.52. The van der Waals surface area contributed by atoms with Crippen LogP contribution in [-0.4, -0.2) is 29.5 Å². The van der Waals surface area contributed by atoms with Crippen LogP contribution in [0.25, 0.3) is 86.1 Å². The smallest absolute Gasteiger partial charge is 0.0615 e. The van der Waals surface area contributed by atoms with Crippen LogP contribution in [0.1, 0.15) is 0 Å². The first kappa shape index (κ1) is 26.0. The van der Waals surface area contributed by atoms with Crippen LogP contribution in [0.4, 0.5) is 0 Å². The fourth-order valence-corrected chi connectivity index (χ4v) is 9.11. The molecule has 0 atom stereocenters. The Morgan fingerprint density at radius 2 is 0.933 bits per heavy atom. The van der Waals surface area contributed by atoms with Gasteiger partial charge >= 0.3 is 231 Å². The molecule has 9 rings (SSSR count). The van der Waals surface area contributed by atoms with Crippen LogP contribution >= 0.6 is 0 Å². The van der Waals surface area contributed by atoms with E-state index in [0.717, 1.165) is 22.3 Å². The van der Waals surface area contributed by atoms with Crippen molar-refractivity contribution < 1.29 is 0 Å². The van der Waals surface area contributed by atoms with Crippen LogP contribution in [-0.2, 0) is 0 Å². The minimum atomic E-state index is 0.264. The van der Waals surface area contributed by atoms with Gasteiger partial charge in [0.2, 0.25) is 0 Å². The Labute approximate surface area is 266 Å². The van der Waals surface area contributed by atoms with Crippen molar-refractivity contribution >= 4 is 55.3 Å². The predicted octanol–water partition coefficient (Wildman–Crippen LogP) is 10.2. The van der Waals surface area contributed by atoms with E-state index < -0.39 is 0 Å². The fourth-order valence-electron chi connectivity index (χ4n) is 6.44. The number of hydrogen-bond acceptors (Lipinski definition) is 3. The molecule has 0 saturated heterocycles. The third kappa shape index (κ3) is 4.38. The van der Waals surface area contributed by atoms with Gasteiger partial charge in [-0.1, -0.05) is 36.4 Å². The van der Waals surface area contributed by atoms with E-state index in [9.17, 15) is 0 Å². The Morgan fingerprint density at radius 3 is 1.64 bits per heavy atom. The number of hydrogen-bond donors (Lipinski definition) is 0. The summed E-state index contributed by atoms with van der Waals surface area (Å²) in [5, 5.41) is 7.92. The van der Waals surface area contributed by atoms with Gasteiger partial charge in [0.15, 0.2) is 0 Å². The van der Waals surface area contributed by atoms with Crippen LogP contribution in [0, 0.1) is 0 Å². The summed E-state index contributed by atoms with van der Waals surface area (Å²) in [4.78, 5) is 15.1. The average Bonchev–Trinajstić information content (AvgIpc) is 3.50. The van der Waals surface area contributed by atoms with Crippen LogP contribution in [0.2, 0.25) is 0 Å². The summed E-state index contributed by atoms with van der Waals surface area (Å²) in [7, 11) is 0. The van der Waals surface area contributed by atoms with Crippen LogP contribution in [0.3, 0.4) is 0 Å². The molecule has 9 aromatic rings. The summed E-state index contributed by atoms with van der Waals surface area (Å²) in [5.41, 5.74) is 5.19. The van der Waals surface area contributed by atoms with E-state index in [4.69, 9.17) is 15.0 Å². The van der Waals surface area contributed by atoms with Crippen molar-refractivity contribution in [2.24, 2.45) is 0 Å². The van der Waals surface area contributed by atoms with E-state index in [1.807, 2.05) is 36.4 Å². The summed E-state index contributed by atoms with van der Waals surface area (Å²) in [6.45, 7) is 0. The van der Waals surface area contributed by atoms with Gasteiger partial charge in [-0.05, 0) is 0 Å².